The zero-order valence-corrected chi connectivity index (χ0v) is 26.1. The van der Waals surface area contributed by atoms with Crippen LogP contribution in [0, 0.1) is 6.92 Å². The second kappa shape index (κ2) is 10.4. The van der Waals surface area contributed by atoms with Crippen molar-refractivity contribution >= 4 is 48.6 Å². The molecule has 1 aliphatic carbocycles. The zero-order chi connectivity index (χ0) is 29.0. The molecular formula is C28H33N5O5S3. The molecule has 41 heavy (non-hydrogen) atoms. The number of aryl methyl sites for hydroxylation is 1. The first kappa shape index (κ1) is 28.1. The van der Waals surface area contributed by atoms with Gasteiger partial charge in [0.15, 0.2) is 5.76 Å². The molecule has 4 aromatic heterocycles. The molecule has 0 spiro atoms. The van der Waals surface area contributed by atoms with Crippen molar-refractivity contribution in [3.8, 4) is 23.0 Å². The molecule has 0 unspecified atom stereocenters. The summed E-state index contributed by atoms with van der Waals surface area (Å²) < 4.78 is 48.2. The summed E-state index contributed by atoms with van der Waals surface area (Å²) in [6.45, 7) is 7.31. The van der Waals surface area contributed by atoms with Crippen LogP contribution < -0.4 is 14.2 Å². The molecule has 1 saturated carbocycles. The average Bonchev–Trinajstić information content (AvgIpc) is 3.69. The molecular weight excluding hydrogens is 583 g/mol. The van der Waals surface area contributed by atoms with Crippen molar-refractivity contribution in [2.45, 2.75) is 76.7 Å². The largest absolute Gasteiger partial charge is 0.496 e. The van der Waals surface area contributed by atoms with Crippen LogP contribution in [0.15, 0.2) is 34.2 Å². The van der Waals surface area contributed by atoms with E-state index in [4.69, 9.17) is 18.9 Å². The summed E-state index contributed by atoms with van der Waals surface area (Å²) in [5.74, 6) is 1.81. The Hall–Kier alpha value is -3.00. The number of furan rings is 1. The first-order chi connectivity index (χ1) is 19.5. The third kappa shape index (κ3) is 5.36. The van der Waals surface area contributed by atoms with Crippen molar-refractivity contribution in [3.63, 3.8) is 0 Å². The van der Waals surface area contributed by atoms with Crippen molar-refractivity contribution in [1.29, 1.82) is 0 Å². The average molecular weight is 616 g/mol. The summed E-state index contributed by atoms with van der Waals surface area (Å²) in [4.78, 5) is 10.3. The summed E-state index contributed by atoms with van der Waals surface area (Å²) in [6, 6.07) is 5.56. The first-order valence-electron chi connectivity index (χ1n) is 13.5. The summed E-state index contributed by atoms with van der Waals surface area (Å²) in [7, 11) is -1.96. The molecule has 0 aliphatic heterocycles. The van der Waals surface area contributed by atoms with Gasteiger partial charge in [0.1, 0.15) is 39.4 Å². The van der Waals surface area contributed by atoms with Gasteiger partial charge < -0.3 is 13.9 Å². The predicted octanol–water partition coefficient (Wildman–Crippen LogP) is 6.43. The summed E-state index contributed by atoms with van der Waals surface area (Å²) in [6.07, 6.45) is 6.29. The van der Waals surface area contributed by atoms with Crippen LogP contribution in [0.1, 0.15) is 68.6 Å². The molecule has 0 bridgehead atoms. The van der Waals surface area contributed by atoms with E-state index in [0.29, 0.717) is 28.5 Å². The summed E-state index contributed by atoms with van der Waals surface area (Å²) >= 11 is 3.00. The van der Waals surface area contributed by atoms with Gasteiger partial charge in [0.2, 0.25) is 15.0 Å². The van der Waals surface area contributed by atoms with Gasteiger partial charge in [-0.1, -0.05) is 30.6 Å². The number of methoxy groups -OCH3 is 1. The minimum atomic E-state index is -3.56. The van der Waals surface area contributed by atoms with Crippen LogP contribution in [-0.2, 0) is 22.2 Å². The number of rotatable bonds is 8. The fourth-order valence-corrected chi connectivity index (χ4v) is 7.96. The van der Waals surface area contributed by atoms with Crippen molar-refractivity contribution in [2.75, 3.05) is 7.11 Å². The first-order valence-corrected chi connectivity index (χ1v) is 16.7. The van der Waals surface area contributed by atoms with Gasteiger partial charge in [-0.05, 0) is 46.6 Å². The molecule has 1 aromatic carbocycles. The molecule has 13 heteroatoms. The maximum Gasteiger partial charge on any atom is 0.217 e. The number of benzene rings is 1. The number of sulfonamides is 1. The number of thiazole rings is 1. The van der Waals surface area contributed by atoms with Crippen molar-refractivity contribution < 1.29 is 22.3 Å². The summed E-state index contributed by atoms with van der Waals surface area (Å²) in [5.41, 5.74) is 1.35. The highest BCUT2D eigenvalue weighted by Gasteiger charge is 2.43. The van der Waals surface area contributed by atoms with Gasteiger partial charge in [-0.25, -0.2) is 27.6 Å². The van der Waals surface area contributed by atoms with Crippen LogP contribution in [0.5, 0.6) is 11.5 Å². The molecule has 1 fully saturated rings. The lowest BCUT2D eigenvalue weighted by atomic mass is 9.83. The Labute approximate surface area is 246 Å². The highest BCUT2D eigenvalue weighted by molar-refractivity contribution is 7.90. The highest BCUT2D eigenvalue weighted by atomic mass is 32.2. The third-order valence-corrected chi connectivity index (χ3v) is 11.6. The maximum atomic E-state index is 13.2. The second-order valence-electron chi connectivity index (χ2n) is 11.4. The maximum absolute atomic E-state index is 13.2. The van der Waals surface area contributed by atoms with Gasteiger partial charge in [0, 0.05) is 17.5 Å². The van der Waals surface area contributed by atoms with Gasteiger partial charge in [-0.3, -0.25) is 0 Å². The molecule has 218 valence electrons. The lowest BCUT2D eigenvalue weighted by molar-refractivity contribution is 0.267. The van der Waals surface area contributed by atoms with Crippen LogP contribution in [0.3, 0.4) is 0 Å². The summed E-state index contributed by atoms with van der Waals surface area (Å²) in [5, 5.41) is 8.90. The highest BCUT2D eigenvalue weighted by Crippen LogP contribution is 2.41. The van der Waals surface area contributed by atoms with Gasteiger partial charge in [0.05, 0.1) is 34.7 Å². The van der Waals surface area contributed by atoms with E-state index >= 15 is 0 Å². The van der Waals surface area contributed by atoms with Crippen LogP contribution in [0.25, 0.3) is 27.4 Å². The van der Waals surface area contributed by atoms with E-state index in [1.807, 2.05) is 36.7 Å². The fraction of sp³-hybridized carbons (Fsp3) is 0.464. The number of fused-ring (bicyclic) bond motifs is 2. The number of nitrogens with one attached hydrogen (secondary N) is 1. The monoisotopic (exact) mass is 615 g/mol. The minimum Gasteiger partial charge on any atom is -0.496 e. The molecule has 0 radical (unpaired) electrons. The molecule has 0 saturated heterocycles. The quantitative estimate of drug-likeness (QED) is 0.212. The normalized spacial score (nSPS) is 16.0. The van der Waals surface area contributed by atoms with Gasteiger partial charge >= 0.3 is 0 Å². The number of ether oxygens (including phenoxy) is 2. The van der Waals surface area contributed by atoms with E-state index in [1.54, 1.807) is 32.4 Å². The van der Waals surface area contributed by atoms with E-state index in [2.05, 4.69) is 14.8 Å². The number of hydrogen-bond acceptors (Lipinski definition) is 10. The Bertz CT molecular complexity index is 1790. The number of hydrogen-bond donors (Lipinski definition) is 1. The molecule has 0 amide bonds. The Kier molecular flexibility index (Phi) is 7.12. The Morgan fingerprint density at radius 2 is 1.93 bits per heavy atom. The van der Waals surface area contributed by atoms with Gasteiger partial charge in [-0.15, -0.1) is 11.3 Å². The number of imidazole rings is 1. The number of aromatic nitrogens is 4. The zero-order valence-electron chi connectivity index (χ0n) is 23.7. The second-order valence-corrected chi connectivity index (χ2v) is 15.9. The molecule has 0 atom stereocenters. The Morgan fingerprint density at radius 3 is 2.63 bits per heavy atom. The lowest BCUT2D eigenvalue weighted by Gasteiger charge is -2.38. The Morgan fingerprint density at radius 1 is 1.15 bits per heavy atom. The SMILES string of the molecule is COc1cc(OCc2csc(C3(NS(=O)(=O)C(C)(C)C)CCCCC3)n2)c2cc(-c3cn4nc(C)sc4n3)oc2c1. The minimum absolute atomic E-state index is 0.213. The standard InChI is InChI=1S/C28H33N5O5S3/c1-17-31-33-14-21(30-26(33)40-17)24-13-20-22(11-19(36-5)12-23(20)38-24)37-15-18-16-39-25(29-18)28(9-7-6-8-10-28)32-41(34,35)27(2,3)4/h11-14,16,32H,6-10,15H2,1-5H3. The fourth-order valence-electron chi connectivity index (χ4n) is 5.03. The van der Waals surface area contributed by atoms with Crippen LogP contribution >= 0.6 is 22.7 Å². The van der Waals surface area contributed by atoms with Crippen molar-refractivity contribution in [3.05, 3.63) is 45.5 Å². The molecule has 10 nitrogen and oxygen atoms in total. The van der Waals surface area contributed by atoms with E-state index in [-0.39, 0.29) is 6.61 Å². The Balaban J connectivity index is 1.27. The van der Waals surface area contributed by atoms with Gasteiger partial charge in [0.25, 0.3) is 0 Å². The van der Waals surface area contributed by atoms with Gasteiger partial charge in [-0.2, -0.15) is 5.10 Å². The third-order valence-electron chi connectivity index (χ3n) is 7.39. The molecule has 6 rings (SSSR count). The predicted molar refractivity (Wildman–Crippen MR) is 160 cm³/mol. The topological polar surface area (TPSA) is 121 Å². The smallest absolute Gasteiger partial charge is 0.217 e. The van der Waals surface area contributed by atoms with Crippen molar-refractivity contribution in [1.82, 2.24) is 24.3 Å². The van der Waals surface area contributed by atoms with Crippen LogP contribution in [-0.4, -0.2) is 39.9 Å². The number of nitrogens with zero attached hydrogens (tertiary/aromatic N) is 4. The van der Waals surface area contributed by atoms with E-state index < -0.39 is 20.3 Å². The van der Waals surface area contributed by atoms with E-state index in [0.717, 1.165) is 58.2 Å². The molecule has 1 aliphatic rings. The lowest BCUT2D eigenvalue weighted by Crippen LogP contribution is -2.52. The molecule has 4 heterocycles. The van der Waals surface area contributed by atoms with E-state index in [1.165, 1.54) is 22.7 Å². The van der Waals surface area contributed by atoms with Crippen molar-refractivity contribution in [2.24, 2.45) is 0 Å². The molecule has 5 aromatic rings. The van der Waals surface area contributed by atoms with Crippen LogP contribution in [0.2, 0.25) is 0 Å². The molecule has 1 N–H and O–H groups in total. The van der Waals surface area contributed by atoms with E-state index in [9.17, 15) is 8.42 Å². The van der Waals surface area contributed by atoms with Crippen LogP contribution in [0.4, 0.5) is 0 Å².